The van der Waals surface area contributed by atoms with Gasteiger partial charge < -0.3 is 10.5 Å². The minimum Gasteiger partial charge on any atom is -0.381 e. The van der Waals surface area contributed by atoms with Gasteiger partial charge in [-0.05, 0) is 43.7 Å². The highest BCUT2D eigenvalue weighted by Crippen LogP contribution is 2.30. The Morgan fingerprint density at radius 2 is 1.88 bits per heavy atom. The van der Waals surface area contributed by atoms with Crippen LogP contribution in [0.1, 0.15) is 35.6 Å². The van der Waals surface area contributed by atoms with Crippen LogP contribution in [0.5, 0.6) is 0 Å². The van der Waals surface area contributed by atoms with Gasteiger partial charge in [0.25, 0.3) is 0 Å². The Bertz CT molecular complexity index is 361. The zero-order chi connectivity index (χ0) is 11.5. The molecule has 1 fully saturated rings. The normalized spacial score (nSPS) is 18.5. The predicted molar refractivity (Wildman–Crippen MR) is 73.6 cm³/mol. The standard InChI is InChI=1S/C14H21NO.ClH/c1-10-3-4-11(2)13(9-10)14(15)12-5-7-16-8-6-12;/h3-4,9,12,14H,5-8,15H2,1-2H3;1H/t14-;/m1./s1. The van der Waals surface area contributed by atoms with Crippen LogP contribution in [0.15, 0.2) is 18.2 Å². The summed E-state index contributed by atoms with van der Waals surface area (Å²) < 4.78 is 5.38. The third-order valence-electron chi connectivity index (χ3n) is 3.57. The van der Waals surface area contributed by atoms with E-state index in [1.54, 1.807) is 0 Å². The molecule has 0 spiro atoms. The molecule has 1 aliphatic heterocycles. The zero-order valence-electron chi connectivity index (χ0n) is 10.6. The van der Waals surface area contributed by atoms with Gasteiger partial charge in [0.05, 0.1) is 0 Å². The van der Waals surface area contributed by atoms with Crippen molar-refractivity contribution in [2.24, 2.45) is 11.7 Å². The van der Waals surface area contributed by atoms with Crippen molar-refractivity contribution in [3.05, 3.63) is 34.9 Å². The van der Waals surface area contributed by atoms with E-state index in [1.807, 2.05) is 0 Å². The minimum atomic E-state index is 0. The molecule has 1 aromatic rings. The summed E-state index contributed by atoms with van der Waals surface area (Å²) in [4.78, 5) is 0. The van der Waals surface area contributed by atoms with Gasteiger partial charge in [0.15, 0.2) is 0 Å². The first-order valence-electron chi connectivity index (χ1n) is 6.09. The number of nitrogens with two attached hydrogens (primary N) is 1. The number of hydrogen-bond donors (Lipinski definition) is 1. The van der Waals surface area contributed by atoms with Crippen LogP contribution in [0.2, 0.25) is 0 Å². The summed E-state index contributed by atoms with van der Waals surface area (Å²) in [6, 6.07) is 6.72. The van der Waals surface area contributed by atoms with Gasteiger partial charge in [0.2, 0.25) is 0 Å². The Hall–Kier alpha value is -0.570. The SMILES string of the molecule is Cc1ccc(C)c([C@H](N)C2CCOCC2)c1.Cl. The average molecular weight is 256 g/mol. The molecule has 2 N–H and O–H groups in total. The Balaban J connectivity index is 0.00000144. The second kappa shape index (κ2) is 6.39. The molecule has 0 aliphatic carbocycles. The zero-order valence-corrected chi connectivity index (χ0v) is 11.4. The quantitative estimate of drug-likeness (QED) is 0.881. The summed E-state index contributed by atoms with van der Waals surface area (Å²) in [7, 11) is 0. The molecule has 0 unspecified atom stereocenters. The Kier molecular flexibility index (Phi) is 5.44. The van der Waals surface area contributed by atoms with E-state index in [1.165, 1.54) is 16.7 Å². The maximum atomic E-state index is 6.38. The second-order valence-corrected chi connectivity index (χ2v) is 4.84. The monoisotopic (exact) mass is 255 g/mol. The van der Waals surface area contributed by atoms with E-state index in [0.29, 0.717) is 5.92 Å². The molecule has 17 heavy (non-hydrogen) atoms. The summed E-state index contributed by atoms with van der Waals surface area (Å²) in [6.45, 7) is 6.00. The molecular formula is C14H22ClNO. The van der Waals surface area contributed by atoms with Gasteiger partial charge in [-0.2, -0.15) is 0 Å². The van der Waals surface area contributed by atoms with Gasteiger partial charge in [0, 0.05) is 19.3 Å². The largest absolute Gasteiger partial charge is 0.381 e. The number of benzene rings is 1. The molecule has 0 aromatic heterocycles. The molecule has 1 atom stereocenters. The summed E-state index contributed by atoms with van der Waals surface area (Å²) in [5.41, 5.74) is 10.3. The number of aryl methyl sites for hydroxylation is 2. The van der Waals surface area contributed by atoms with Crippen molar-refractivity contribution in [1.29, 1.82) is 0 Å². The molecule has 0 saturated carbocycles. The van der Waals surface area contributed by atoms with Gasteiger partial charge >= 0.3 is 0 Å². The van der Waals surface area contributed by atoms with Gasteiger partial charge in [-0.1, -0.05) is 23.8 Å². The molecule has 1 aliphatic rings. The van der Waals surface area contributed by atoms with Crippen LogP contribution in [0, 0.1) is 19.8 Å². The van der Waals surface area contributed by atoms with Gasteiger partial charge in [-0.25, -0.2) is 0 Å². The van der Waals surface area contributed by atoms with Crippen LogP contribution < -0.4 is 5.73 Å². The van der Waals surface area contributed by atoms with Crippen molar-refractivity contribution in [3.8, 4) is 0 Å². The van der Waals surface area contributed by atoms with Crippen molar-refractivity contribution >= 4 is 12.4 Å². The van der Waals surface area contributed by atoms with Crippen molar-refractivity contribution in [2.45, 2.75) is 32.7 Å². The summed E-state index contributed by atoms with van der Waals surface area (Å²) >= 11 is 0. The number of halogens is 1. The van der Waals surface area contributed by atoms with Gasteiger partial charge in [-0.15, -0.1) is 12.4 Å². The molecule has 2 nitrogen and oxygen atoms in total. The molecule has 0 amide bonds. The van der Waals surface area contributed by atoms with Crippen LogP contribution in [-0.2, 0) is 4.74 Å². The van der Waals surface area contributed by atoms with Gasteiger partial charge in [-0.3, -0.25) is 0 Å². The molecule has 96 valence electrons. The molecule has 0 radical (unpaired) electrons. The van der Waals surface area contributed by atoms with Crippen LogP contribution in [0.3, 0.4) is 0 Å². The number of hydrogen-bond acceptors (Lipinski definition) is 2. The Labute approximate surface area is 110 Å². The predicted octanol–water partition coefficient (Wildman–Crippen LogP) is 3.15. The average Bonchev–Trinajstić information content (AvgIpc) is 2.32. The molecule has 0 bridgehead atoms. The highest BCUT2D eigenvalue weighted by atomic mass is 35.5. The molecular weight excluding hydrogens is 234 g/mol. The lowest BCUT2D eigenvalue weighted by Gasteiger charge is -2.29. The van der Waals surface area contributed by atoms with Crippen molar-refractivity contribution < 1.29 is 4.74 Å². The Morgan fingerprint density at radius 1 is 1.24 bits per heavy atom. The van der Waals surface area contributed by atoms with Crippen molar-refractivity contribution in [1.82, 2.24) is 0 Å². The Morgan fingerprint density at radius 3 is 2.53 bits per heavy atom. The van der Waals surface area contributed by atoms with E-state index < -0.39 is 0 Å². The number of rotatable bonds is 2. The fraction of sp³-hybridized carbons (Fsp3) is 0.571. The molecule has 1 aromatic carbocycles. The van der Waals surface area contributed by atoms with Crippen molar-refractivity contribution in [2.75, 3.05) is 13.2 Å². The van der Waals surface area contributed by atoms with E-state index in [-0.39, 0.29) is 18.4 Å². The van der Waals surface area contributed by atoms with E-state index in [4.69, 9.17) is 10.5 Å². The minimum absolute atomic E-state index is 0. The topological polar surface area (TPSA) is 35.2 Å². The maximum Gasteiger partial charge on any atom is 0.0469 e. The number of ether oxygens (including phenoxy) is 1. The first kappa shape index (κ1) is 14.5. The lowest BCUT2D eigenvalue weighted by Crippen LogP contribution is -2.28. The fourth-order valence-corrected chi connectivity index (χ4v) is 2.45. The smallest absolute Gasteiger partial charge is 0.0469 e. The molecule has 1 saturated heterocycles. The molecule has 3 heteroatoms. The molecule has 2 rings (SSSR count). The van der Waals surface area contributed by atoms with E-state index in [9.17, 15) is 0 Å². The van der Waals surface area contributed by atoms with Crippen molar-refractivity contribution in [3.63, 3.8) is 0 Å². The third kappa shape index (κ3) is 3.44. The van der Waals surface area contributed by atoms with Crippen LogP contribution in [0.4, 0.5) is 0 Å². The van der Waals surface area contributed by atoms with Gasteiger partial charge in [0.1, 0.15) is 0 Å². The lowest BCUT2D eigenvalue weighted by molar-refractivity contribution is 0.0583. The first-order valence-corrected chi connectivity index (χ1v) is 6.09. The van der Waals surface area contributed by atoms with E-state index in [2.05, 4.69) is 32.0 Å². The maximum absolute atomic E-state index is 6.38. The van der Waals surface area contributed by atoms with Crippen LogP contribution in [0.25, 0.3) is 0 Å². The molecule has 1 heterocycles. The summed E-state index contributed by atoms with van der Waals surface area (Å²) in [5.74, 6) is 0.578. The summed E-state index contributed by atoms with van der Waals surface area (Å²) in [6.07, 6.45) is 2.18. The van der Waals surface area contributed by atoms with E-state index in [0.717, 1.165) is 26.1 Å². The van der Waals surface area contributed by atoms with Crippen LogP contribution in [-0.4, -0.2) is 13.2 Å². The van der Waals surface area contributed by atoms with E-state index >= 15 is 0 Å². The highest BCUT2D eigenvalue weighted by molar-refractivity contribution is 5.85. The third-order valence-corrected chi connectivity index (χ3v) is 3.57. The second-order valence-electron chi connectivity index (χ2n) is 4.84. The summed E-state index contributed by atoms with van der Waals surface area (Å²) in [5, 5.41) is 0. The first-order chi connectivity index (χ1) is 7.68. The highest BCUT2D eigenvalue weighted by Gasteiger charge is 2.23. The lowest BCUT2D eigenvalue weighted by atomic mass is 9.85. The fourth-order valence-electron chi connectivity index (χ4n) is 2.45. The van der Waals surface area contributed by atoms with Crippen LogP contribution >= 0.6 is 12.4 Å².